The number of esters is 1. The molecule has 3 aromatic rings. The summed E-state index contributed by atoms with van der Waals surface area (Å²) in [5.74, 6) is -0.858. The highest BCUT2D eigenvalue weighted by atomic mass is 16.5. The molecule has 0 aliphatic carbocycles. The first-order chi connectivity index (χ1) is 15.1. The van der Waals surface area contributed by atoms with Crippen LogP contribution < -0.4 is 4.90 Å². The maximum atomic E-state index is 13.2. The average Bonchev–Trinajstić information content (AvgIpc) is 3.30. The van der Waals surface area contributed by atoms with Crippen molar-refractivity contribution >= 4 is 34.4 Å². The number of aromatic amines is 1. The van der Waals surface area contributed by atoms with Crippen LogP contribution in [0.25, 0.3) is 10.9 Å². The Labute approximate surface area is 179 Å². The van der Waals surface area contributed by atoms with Crippen molar-refractivity contribution in [1.82, 2.24) is 9.88 Å². The number of para-hydroxylation sites is 1. The Balaban J connectivity index is 1.35. The number of amides is 2. The molecule has 0 spiro atoms. The van der Waals surface area contributed by atoms with Crippen molar-refractivity contribution in [3.05, 3.63) is 65.4 Å². The van der Waals surface area contributed by atoms with Gasteiger partial charge in [0.05, 0.1) is 30.3 Å². The van der Waals surface area contributed by atoms with E-state index in [2.05, 4.69) is 22.0 Å². The minimum Gasteiger partial charge on any atom is -0.462 e. The summed E-state index contributed by atoms with van der Waals surface area (Å²) in [4.78, 5) is 44.6. The van der Waals surface area contributed by atoms with Crippen molar-refractivity contribution in [2.45, 2.75) is 32.4 Å². The first-order valence-corrected chi connectivity index (χ1v) is 10.5. The maximum absolute atomic E-state index is 13.2. The van der Waals surface area contributed by atoms with Gasteiger partial charge < -0.3 is 9.72 Å². The van der Waals surface area contributed by atoms with Gasteiger partial charge in [-0.3, -0.25) is 14.5 Å². The van der Waals surface area contributed by atoms with E-state index in [9.17, 15) is 14.4 Å². The summed E-state index contributed by atoms with van der Waals surface area (Å²) >= 11 is 0. The number of nitrogens with zero attached hydrogens (tertiary/aromatic N) is 2. The molecule has 2 aliphatic rings. The number of hydrogen-bond acceptors (Lipinski definition) is 5. The molecule has 2 aliphatic heterocycles. The van der Waals surface area contributed by atoms with Gasteiger partial charge in [0.15, 0.2) is 0 Å². The van der Waals surface area contributed by atoms with Gasteiger partial charge in [0, 0.05) is 29.7 Å². The van der Waals surface area contributed by atoms with Gasteiger partial charge in [0.25, 0.3) is 5.91 Å². The topological polar surface area (TPSA) is 82.7 Å². The molecule has 2 amide bonds. The van der Waals surface area contributed by atoms with E-state index in [0.29, 0.717) is 24.4 Å². The van der Waals surface area contributed by atoms with Crippen LogP contribution in [-0.4, -0.2) is 46.9 Å². The molecule has 0 bridgehead atoms. The van der Waals surface area contributed by atoms with Gasteiger partial charge in [-0.2, -0.15) is 0 Å². The molecule has 1 fully saturated rings. The fraction of sp³-hybridized carbons (Fsp3) is 0.292. The van der Waals surface area contributed by atoms with E-state index < -0.39 is 12.0 Å². The van der Waals surface area contributed by atoms with E-state index in [1.165, 1.54) is 15.8 Å². The van der Waals surface area contributed by atoms with Gasteiger partial charge in [-0.1, -0.05) is 18.2 Å². The Kier molecular flexibility index (Phi) is 4.82. The smallest absolute Gasteiger partial charge is 0.338 e. The number of anilines is 1. The van der Waals surface area contributed by atoms with Crippen LogP contribution in [0, 0.1) is 0 Å². The van der Waals surface area contributed by atoms with Crippen LogP contribution >= 0.6 is 0 Å². The molecule has 1 aromatic heterocycles. The molecule has 1 N–H and O–H groups in total. The number of aromatic nitrogens is 1. The number of nitrogens with one attached hydrogen (secondary N) is 1. The van der Waals surface area contributed by atoms with Crippen LogP contribution in [0.3, 0.4) is 0 Å². The molecule has 3 heterocycles. The normalized spacial score (nSPS) is 19.1. The zero-order valence-electron chi connectivity index (χ0n) is 17.3. The molecule has 0 unspecified atom stereocenters. The van der Waals surface area contributed by atoms with Gasteiger partial charge in [-0.05, 0) is 49.2 Å². The van der Waals surface area contributed by atoms with E-state index in [4.69, 9.17) is 4.74 Å². The summed E-state index contributed by atoms with van der Waals surface area (Å²) < 4.78 is 4.99. The number of carbonyl (C=O) groups excluding carboxylic acids is 3. The number of benzene rings is 2. The summed E-state index contributed by atoms with van der Waals surface area (Å²) in [6.07, 6.45) is 1.000. The second kappa shape index (κ2) is 7.67. The van der Waals surface area contributed by atoms with Crippen LogP contribution in [0.2, 0.25) is 0 Å². The van der Waals surface area contributed by atoms with Crippen LogP contribution in [0.1, 0.15) is 35.0 Å². The van der Waals surface area contributed by atoms with Crippen molar-refractivity contribution in [3.8, 4) is 0 Å². The van der Waals surface area contributed by atoms with Gasteiger partial charge >= 0.3 is 5.97 Å². The number of rotatable bonds is 4. The van der Waals surface area contributed by atoms with Crippen molar-refractivity contribution in [1.29, 1.82) is 0 Å². The first kappa shape index (κ1) is 19.5. The molecule has 2 aromatic carbocycles. The second-order valence-electron chi connectivity index (χ2n) is 7.90. The molecule has 5 rings (SSSR count). The Morgan fingerprint density at radius 1 is 1.13 bits per heavy atom. The Morgan fingerprint density at radius 3 is 2.68 bits per heavy atom. The Hall–Kier alpha value is -3.45. The molecule has 1 atom stereocenters. The fourth-order valence-electron chi connectivity index (χ4n) is 4.61. The van der Waals surface area contributed by atoms with Crippen LogP contribution in [-0.2, 0) is 27.3 Å². The number of hydrogen-bond donors (Lipinski definition) is 1. The summed E-state index contributed by atoms with van der Waals surface area (Å²) in [6, 6.07) is 14.2. The van der Waals surface area contributed by atoms with E-state index in [-0.39, 0.29) is 18.2 Å². The number of ether oxygens (including phenoxy) is 1. The third kappa shape index (κ3) is 3.31. The summed E-state index contributed by atoms with van der Waals surface area (Å²) in [5.41, 5.74) is 4.39. The third-order valence-corrected chi connectivity index (χ3v) is 6.11. The lowest BCUT2D eigenvalue weighted by Crippen LogP contribution is -2.44. The third-order valence-electron chi connectivity index (χ3n) is 6.11. The molecule has 7 heteroatoms. The SMILES string of the molecule is CCOC(=O)c1ccc(N2C(=O)C[C@@H](N3CCc4c([nH]c5ccccc45)C3)C2=O)cc1. The van der Waals surface area contributed by atoms with E-state index in [1.54, 1.807) is 31.2 Å². The second-order valence-corrected chi connectivity index (χ2v) is 7.90. The summed E-state index contributed by atoms with van der Waals surface area (Å²) in [5, 5.41) is 1.23. The van der Waals surface area contributed by atoms with Crippen molar-refractivity contribution in [3.63, 3.8) is 0 Å². The molecule has 1 saturated heterocycles. The highest BCUT2D eigenvalue weighted by molar-refractivity contribution is 6.22. The molecule has 0 radical (unpaired) electrons. The van der Waals surface area contributed by atoms with Crippen molar-refractivity contribution in [2.75, 3.05) is 18.1 Å². The van der Waals surface area contributed by atoms with Gasteiger partial charge in [-0.15, -0.1) is 0 Å². The molecule has 7 nitrogen and oxygen atoms in total. The summed E-state index contributed by atoms with van der Waals surface area (Å²) in [7, 11) is 0. The number of carbonyl (C=O) groups is 3. The van der Waals surface area contributed by atoms with Crippen LogP contribution in [0.4, 0.5) is 5.69 Å². The monoisotopic (exact) mass is 417 g/mol. The van der Waals surface area contributed by atoms with Gasteiger partial charge in [0.1, 0.15) is 0 Å². The minimum absolute atomic E-state index is 0.161. The first-order valence-electron chi connectivity index (χ1n) is 10.5. The van der Waals surface area contributed by atoms with E-state index in [1.807, 2.05) is 12.1 Å². The highest BCUT2D eigenvalue weighted by Crippen LogP contribution is 2.32. The van der Waals surface area contributed by atoms with Gasteiger partial charge in [-0.25, -0.2) is 9.69 Å². The zero-order valence-corrected chi connectivity index (χ0v) is 17.3. The fourth-order valence-corrected chi connectivity index (χ4v) is 4.61. The molecule has 31 heavy (non-hydrogen) atoms. The predicted octanol–water partition coefficient (Wildman–Crippen LogP) is 3.03. The molecule has 158 valence electrons. The molecular weight excluding hydrogens is 394 g/mol. The predicted molar refractivity (Wildman–Crippen MR) is 116 cm³/mol. The summed E-state index contributed by atoms with van der Waals surface area (Å²) in [6.45, 7) is 3.38. The van der Waals surface area contributed by atoms with Gasteiger partial charge in [0.2, 0.25) is 5.91 Å². The van der Waals surface area contributed by atoms with Crippen LogP contribution in [0.5, 0.6) is 0 Å². The van der Waals surface area contributed by atoms with Crippen LogP contribution in [0.15, 0.2) is 48.5 Å². The number of H-pyrrole nitrogens is 1. The quantitative estimate of drug-likeness (QED) is 0.521. The molecule has 0 saturated carbocycles. The Morgan fingerprint density at radius 2 is 1.90 bits per heavy atom. The van der Waals surface area contributed by atoms with Crippen molar-refractivity contribution in [2.24, 2.45) is 0 Å². The largest absolute Gasteiger partial charge is 0.462 e. The average molecular weight is 417 g/mol. The molecular formula is C24H23N3O4. The number of imide groups is 1. The Bertz CT molecular complexity index is 1180. The van der Waals surface area contributed by atoms with E-state index in [0.717, 1.165) is 24.2 Å². The lowest BCUT2D eigenvalue weighted by Gasteiger charge is -2.30. The minimum atomic E-state index is -0.475. The lowest BCUT2D eigenvalue weighted by molar-refractivity contribution is -0.123. The standard InChI is InChI=1S/C24H23N3O4/c1-2-31-24(30)15-7-9-16(10-8-15)27-22(28)13-21(23(27)29)26-12-11-18-17-5-3-4-6-19(17)25-20(18)14-26/h3-10,21,25H,2,11-14H2,1H3/t21-/m1/s1. The van der Waals surface area contributed by atoms with Crippen molar-refractivity contribution < 1.29 is 19.1 Å². The lowest BCUT2D eigenvalue weighted by atomic mass is 10.0. The van der Waals surface area contributed by atoms with E-state index >= 15 is 0 Å². The zero-order chi connectivity index (χ0) is 21.5. The number of fused-ring (bicyclic) bond motifs is 3. The maximum Gasteiger partial charge on any atom is 0.338 e. The highest BCUT2D eigenvalue weighted by Gasteiger charge is 2.43.